The summed E-state index contributed by atoms with van der Waals surface area (Å²) in [5.41, 5.74) is 1.76. The Hall–Kier alpha value is -3.73. The summed E-state index contributed by atoms with van der Waals surface area (Å²) in [6.45, 7) is 7.08. The van der Waals surface area contributed by atoms with Gasteiger partial charge in [0.1, 0.15) is 6.04 Å². The number of rotatable bonds is 12. The fraction of sp³-hybridized carbons (Fsp3) is 0.381. The number of amidine groups is 1. The Bertz CT molecular complexity index is 855. The molecule has 6 N–H and O–H groups in total. The lowest BCUT2D eigenvalue weighted by Crippen LogP contribution is -2.51. The lowest BCUT2D eigenvalue weighted by Gasteiger charge is -2.20. The fourth-order valence-electron chi connectivity index (χ4n) is 2.53. The molecule has 1 unspecified atom stereocenters. The van der Waals surface area contributed by atoms with Crippen LogP contribution in [0.25, 0.3) is 0 Å². The van der Waals surface area contributed by atoms with Gasteiger partial charge in [0.2, 0.25) is 5.91 Å². The van der Waals surface area contributed by atoms with Gasteiger partial charge >= 0.3 is 0 Å². The number of oxime groups is 1. The van der Waals surface area contributed by atoms with Crippen LogP contribution in [-0.2, 0) is 19.3 Å². The number of hydrogen-bond acceptors (Lipinski definition) is 8. The molecule has 0 aromatic heterocycles. The number of nitrogens with two attached hydrogens (primary N) is 1. The van der Waals surface area contributed by atoms with Crippen molar-refractivity contribution >= 4 is 34.8 Å². The van der Waals surface area contributed by atoms with E-state index in [2.05, 4.69) is 32.6 Å². The Morgan fingerprint density at radius 1 is 1.22 bits per heavy atom. The van der Waals surface area contributed by atoms with E-state index in [0.29, 0.717) is 11.3 Å². The van der Waals surface area contributed by atoms with Gasteiger partial charge in [-0.05, 0) is 31.1 Å². The summed E-state index contributed by atoms with van der Waals surface area (Å²) in [6, 6.07) is 8.51. The largest absolute Gasteiger partial charge is 0.367 e. The maximum atomic E-state index is 12.4. The van der Waals surface area contributed by atoms with E-state index in [1.807, 2.05) is 30.3 Å². The minimum absolute atomic E-state index is 0.0668. The van der Waals surface area contributed by atoms with Gasteiger partial charge in [-0.25, -0.2) is 0 Å². The van der Waals surface area contributed by atoms with Crippen molar-refractivity contribution in [2.75, 3.05) is 31.6 Å². The fourth-order valence-corrected chi connectivity index (χ4v) is 2.53. The molecule has 1 rings (SSSR count). The van der Waals surface area contributed by atoms with Gasteiger partial charge < -0.3 is 25.8 Å². The third-order valence-electron chi connectivity index (χ3n) is 4.51. The summed E-state index contributed by atoms with van der Waals surface area (Å²) in [7, 11) is 1.79. The summed E-state index contributed by atoms with van der Waals surface area (Å²) in [4.78, 5) is 42.7. The van der Waals surface area contributed by atoms with Gasteiger partial charge in [-0.1, -0.05) is 36.9 Å². The smallest absolute Gasteiger partial charge is 0.286 e. The van der Waals surface area contributed by atoms with Gasteiger partial charge in [0, 0.05) is 19.3 Å². The standard InChI is InChI=1S/C21H31N7O4/c1-5-18(26-21(31)19(22)24-11-14(2)15(3)27-32-23)20(30)25-12-17(29)13-28(4)16-9-7-6-8-10-16/h6-10,18H,2,5,11-13,23H2,1,3-4H3,(H2,22,24)(H,25,30)(H,26,31)/b27-15-. The molecule has 174 valence electrons. The van der Waals surface area contributed by atoms with Gasteiger partial charge in [-0.2, -0.15) is 0 Å². The van der Waals surface area contributed by atoms with Crippen molar-refractivity contribution in [1.82, 2.24) is 16.0 Å². The number of nitrogens with zero attached hydrogens (tertiary/aromatic N) is 2. The Morgan fingerprint density at radius 3 is 2.47 bits per heavy atom. The van der Waals surface area contributed by atoms with E-state index in [1.165, 1.54) is 0 Å². The minimum Gasteiger partial charge on any atom is -0.367 e. The van der Waals surface area contributed by atoms with Crippen molar-refractivity contribution in [1.29, 1.82) is 5.41 Å². The van der Waals surface area contributed by atoms with Crippen LogP contribution >= 0.6 is 0 Å². The molecule has 1 aromatic rings. The van der Waals surface area contributed by atoms with Crippen molar-refractivity contribution in [3.63, 3.8) is 0 Å². The van der Waals surface area contributed by atoms with E-state index < -0.39 is 23.7 Å². The highest BCUT2D eigenvalue weighted by Gasteiger charge is 2.21. The van der Waals surface area contributed by atoms with Crippen LogP contribution in [-0.4, -0.2) is 61.9 Å². The Morgan fingerprint density at radius 2 is 1.88 bits per heavy atom. The quantitative estimate of drug-likeness (QED) is 0.173. The molecule has 0 saturated carbocycles. The second kappa shape index (κ2) is 13.5. The number of Topliss-reactive ketones (excluding diaryl/α,β-unsaturated/α-hetero) is 1. The number of anilines is 1. The molecule has 11 nitrogen and oxygen atoms in total. The van der Waals surface area contributed by atoms with Crippen molar-refractivity contribution in [3.05, 3.63) is 42.5 Å². The molecule has 0 heterocycles. The van der Waals surface area contributed by atoms with Gasteiger partial charge in [0.15, 0.2) is 11.6 Å². The lowest BCUT2D eigenvalue weighted by molar-refractivity contribution is -0.128. The highest BCUT2D eigenvalue weighted by atomic mass is 16.7. The third-order valence-corrected chi connectivity index (χ3v) is 4.51. The first-order chi connectivity index (χ1) is 15.2. The molecule has 0 bridgehead atoms. The predicted octanol–water partition coefficient (Wildman–Crippen LogP) is 0.0922. The zero-order valence-electron chi connectivity index (χ0n) is 18.6. The van der Waals surface area contributed by atoms with Crippen molar-refractivity contribution < 1.29 is 19.3 Å². The first-order valence-corrected chi connectivity index (χ1v) is 9.97. The van der Waals surface area contributed by atoms with Crippen molar-refractivity contribution in [2.45, 2.75) is 26.3 Å². The molecule has 1 atom stereocenters. The van der Waals surface area contributed by atoms with E-state index in [1.54, 1.807) is 25.8 Å². The number of carbonyl (C=O) groups excluding carboxylic acids is 3. The van der Waals surface area contributed by atoms with Gasteiger partial charge in [0.25, 0.3) is 5.91 Å². The number of ketones is 1. The number of benzene rings is 1. The topological polar surface area (TPSA) is 162 Å². The highest BCUT2D eigenvalue weighted by molar-refractivity contribution is 6.37. The zero-order valence-corrected chi connectivity index (χ0v) is 18.6. The molecule has 2 amide bonds. The monoisotopic (exact) mass is 445 g/mol. The predicted molar refractivity (Wildman–Crippen MR) is 123 cm³/mol. The average molecular weight is 446 g/mol. The van der Waals surface area contributed by atoms with Crippen LogP contribution < -0.4 is 26.7 Å². The van der Waals surface area contributed by atoms with Crippen LogP contribution in [0.4, 0.5) is 5.69 Å². The summed E-state index contributed by atoms with van der Waals surface area (Å²) in [5.74, 6) is 2.95. The van der Waals surface area contributed by atoms with E-state index in [0.717, 1.165) is 5.69 Å². The van der Waals surface area contributed by atoms with E-state index in [4.69, 9.17) is 11.3 Å². The molecule has 1 aromatic carbocycles. The molecule has 0 aliphatic carbocycles. The molecule has 11 heteroatoms. The number of nitrogens with one attached hydrogen (secondary N) is 4. The third kappa shape index (κ3) is 8.96. The molecule has 0 spiro atoms. The molecule has 0 aliphatic heterocycles. The summed E-state index contributed by atoms with van der Waals surface area (Å²) in [6.07, 6.45) is 0.287. The van der Waals surface area contributed by atoms with Gasteiger partial charge in [-0.3, -0.25) is 19.8 Å². The SMILES string of the molecule is C=C(CNC(=N)C(=O)NC(CC)C(=O)NCC(=O)CN(C)c1ccccc1)/C(C)=N\ON. The number of hydrogen-bond donors (Lipinski definition) is 5. The van der Waals surface area contributed by atoms with Crippen LogP contribution in [0.15, 0.2) is 47.6 Å². The highest BCUT2D eigenvalue weighted by Crippen LogP contribution is 2.10. The zero-order chi connectivity index (χ0) is 24.1. The van der Waals surface area contributed by atoms with Crippen LogP contribution in [0.3, 0.4) is 0 Å². The summed E-state index contributed by atoms with van der Waals surface area (Å²) >= 11 is 0. The molecular formula is C21H31N7O4. The van der Waals surface area contributed by atoms with Gasteiger partial charge in [0.05, 0.1) is 18.8 Å². The Labute approximate surface area is 187 Å². The normalized spacial score (nSPS) is 11.7. The maximum Gasteiger partial charge on any atom is 0.286 e. The van der Waals surface area contributed by atoms with Crippen LogP contribution in [0.2, 0.25) is 0 Å². The second-order valence-corrected chi connectivity index (χ2v) is 7.00. The molecule has 0 saturated heterocycles. The van der Waals surface area contributed by atoms with Crippen molar-refractivity contribution in [2.24, 2.45) is 11.1 Å². The first-order valence-electron chi connectivity index (χ1n) is 9.97. The van der Waals surface area contributed by atoms with Crippen LogP contribution in [0.1, 0.15) is 20.3 Å². The maximum absolute atomic E-state index is 12.4. The molecule has 0 aliphatic rings. The van der Waals surface area contributed by atoms with Crippen molar-refractivity contribution in [3.8, 4) is 0 Å². The molecule has 0 fully saturated rings. The van der Waals surface area contributed by atoms with Gasteiger partial charge in [-0.15, -0.1) is 5.90 Å². The molecule has 32 heavy (non-hydrogen) atoms. The Kier molecular flexibility index (Phi) is 11.1. The van der Waals surface area contributed by atoms with Crippen LogP contribution in [0, 0.1) is 5.41 Å². The second-order valence-electron chi connectivity index (χ2n) is 7.00. The molecule has 0 radical (unpaired) electrons. The lowest BCUT2D eigenvalue weighted by atomic mass is 10.2. The summed E-state index contributed by atoms with van der Waals surface area (Å²) in [5, 5.41) is 18.9. The van der Waals surface area contributed by atoms with E-state index >= 15 is 0 Å². The summed E-state index contributed by atoms with van der Waals surface area (Å²) < 4.78 is 0. The van der Waals surface area contributed by atoms with E-state index in [-0.39, 0.29) is 31.8 Å². The average Bonchev–Trinajstić information content (AvgIpc) is 2.79. The number of carbonyl (C=O) groups is 3. The number of para-hydroxylation sites is 1. The van der Waals surface area contributed by atoms with E-state index in [9.17, 15) is 14.4 Å². The first kappa shape index (κ1) is 26.3. The number of amides is 2. The van der Waals surface area contributed by atoms with Crippen LogP contribution in [0.5, 0.6) is 0 Å². The molecular weight excluding hydrogens is 414 g/mol. The Balaban J connectivity index is 2.47. The minimum atomic E-state index is -0.888. The number of likely N-dealkylation sites (N-methyl/N-ethyl adjacent to an activating group) is 1.